The van der Waals surface area contributed by atoms with Crippen LogP contribution in [0.25, 0.3) is 11.6 Å². The Kier molecular flexibility index (Phi) is 6.60. The van der Waals surface area contributed by atoms with Gasteiger partial charge < -0.3 is 9.15 Å². The quantitative estimate of drug-likeness (QED) is 0.297. The van der Waals surface area contributed by atoms with Crippen molar-refractivity contribution < 1.29 is 31.9 Å². The zero-order chi connectivity index (χ0) is 21.7. The van der Waals surface area contributed by atoms with Gasteiger partial charge in [-0.3, -0.25) is 14.2 Å². The number of hydrogen-bond acceptors (Lipinski definition) is 7. The van der Waals surface area contributed by atoms with E-state index >= 15 is 0 Å². The van der Waals surface area contributed by atoms with Gasteiger partial charge in [0.15, 0.2) is 29.1 Å². The van der Waals surface area contributed by atoms with Gasteiger partial charge in [-0.1, -0.05) is 23.9 Å². The van der Waals surface area contributed by atoms with E-state index in [1.165, 1.54) is 12.3 Å². The molecule has 0 fully saturated rings. The normalized spacial score (nSPS) is 11.5. The molecule has 0 bridgehead atoms. The van der Waals surface area contributed by atoms with Gasteiger partial charge >= 0.3 is 12.1 Å². The first kappa shape index (κ1) is 21.6. The van der Waals surface area contributed by atoms with Gasteiger partial charge in [0.05, 0.1) is 17.6 Å². The number of halogens is 3. The van der Waals surface area contributed by atoms with Gasteiger partial charge in [0, 0.05) is 12.1 Å². The molecule has 1 aromatic carbocycles. The number of thioether (sulfide) groups is 1. The number of hydrogen-bond donors (Lipinski definition) is 0. The average Bonchev–Trinajstić information content (AvgIpc) is 3.39. The second-order valence-corrected chi connectivity index (χ2v) is 6.92. The second-order valence-electron chi connectivity index (χ2n) is 5.98. The van der Waals surface area contributed by atoms with Crippen molar-refractivity contribution in [2.45, 2.75) is 24.8 Å². The molecule has 0 amide bonds. The van der Waals surface area contributed by atoms with E-state index in [2.05, 4.69) is 10.2 Å². The van der Waals surface area contributed by atoms with Crippen molar-refractivity contribution in [3.05, 3.63) is 53.8 Å². The van der Waals surface area contributed by atoms with Gasteiger partial charge in [0.2, 0.25) is 0 Å². The van der Waals surface area contributed by atoms with Crippen LogP contribution in [0.1, 0.15) is 22.8 Å². The van der Waals surface area contributed by atoms with E-state index in [1.807, 2.05) is 6.92 Å². The molecule has 0 unspecified atom stereocenters. The van der Waals surface area contributed by atoms with E-state index in [9.17, 15) is 22.8 Å². The summed E-state index contributed by atoms with van der Waals surface area (Å²) in [6.45, 7) is 1.76. The fourth-order valence-electron chi connectivity index (χ4n) is 2.53. The number of ether oxygens (including phenoxy) is 1. The monoisotopic (exact) mass is 439 g/mol. The first-order valence-corrected chi connectivity index (χ1v) is 9.74. The Morgan fingerprint density at radius 2 is 2.00 bits per heavy atom. The third kappa shape index (κ3) is 5.09. The lowest BCUT2D eigenvalue weighted by molar-refractivity contribution is -0.139. The summed E-state index contributed by atoms with van der Waals surface area (Å²) in [6, 6.07) is 7.40. The first-order chi connectivity index (χ1) is 14.3. The maximum atomic E-state index is 12.7. The van der Waals surface area contributed by atoms with Crippen LogP contribution in [0, 0.1) is 0 Å². The summed E-state index contributed by atoms with van der Waals surface area (Å²) in [6.07, 6.45) is -3.05. The molecule has 30 heavy (non-hydrogen) atoms. The minimum absolute atomic E-state index is 0.147. The van der Waals surface area contributed by atoms with Gasteiger partial charge in [0.25, 0.3) is 0 Å². The molecule has 3 aromatic rings. The van der Waals surface area contributed by atoms with Gasteiger partial charge in [-0.25, -0.2) is 0 Å². The Morgan fingerprint density at radius 1 is 1.20 bits per heavy atom. The third-order valence-corrected chi connectivity index (χ3v) is 4.91. The van der Waals surface area contributed by atoms with Crippen LogP contribution in [0.4, 0.5) is 13.2 Å². The van der Waals surface area contributed by atoms with Crippen molar-refractivity contribution in [1.29, 1.82) is 0 Å². The smallest absolute Gasteiger partial charge is 0.416 e. The first-order valence-electron chi connectivity index (χ1n) is 8.75. The van der Waals surface area contributed by atoms with Crippen LogP contribution in [0.2, 0.25) is 0 Å². The van der Waals surface area contributed by atoms with Crippen molar-refractivity contribution in [3.8, 4) is 11.6 Å². The Bertz CT molecular complexity index is 1030. The van der Waals surface area contributed by atoms with E-state index in [-0.39, 0.29) is 11.3 Å². The number of alkyl halides is 3. The maximum absolute atomic E-state index is 12.7. The SMILES string of the molecule is CCn1c(SCC(=O)OCC(=O)c2cccc(C(F)(F)F)c2)nnc1-c1ccco1. The second kappa shape index (κ2) is 9.16. The van der Waals surface area contributed by atoms with Crippen LogP contribution >= 0.6 is 11.8 Å². The lowest BCUT2D eigenvalue weighted by Crippen LogP contribution is -2.16. The summed E-state index contributed by atoms with van der Waals surface area (Å²) >= 11 is 1.06. The third-order valence-electron chi connectivity index (χ3n) is 3.97. The van der Waals surface area contributed by atoms with Crippen LogP contribution in [0.3, 0.4) is 0 Å². The molecule has 0 aliphatic heterocycles. The highest BCUT2D eigenvalue weighted by Gasteiger charge is 2.31. The number of aromatic nitrogens is 3. The average molecular weight is 439 g/mol. The van der Waals surface area contributed by atoms with Gasteiger partial charge in [-0.05, 0) is 31.2 Å². The highest BCUT2D eigenvalue weighted by Crippen LogP contribution is 2.29. The zero-order valence-corrected chi connectivity index (χ0v) is 16.5. The van der Waals surface area contributed by atoms with Crippen LogP contribution in [0.15, 0.2) is 52.2 Å². The maximum Gasteiger partial charge on any atom is 0.416 e. The molecule has 0 spiro atoms. The number of rotatable bonds is 8. The van der Waals surface area contributed by atoms with E-state index < -0.39 is 30.1 Å². The van der Waals surface area contributed by atoms with Crippen LogP contribution in [-0.4, -0.2) is 38.9 Å². The summed E-state index contributed by atoms with van der Waals surface area (Å²) in [4.78, 5) is 24.0. The standard InChI is InChI=1S/C19H16F3N3O4S/c1-2-25-17(15-7-4-8-28-15)23-24-18(25)30-11-16(27)29-10-14(26)12-5-3-6-13(9-12)19(20,21)22/h3-9H,2,10-11H2,1H3. The van der Waals surface area contributed by atoms with Crippen molar-refractivity contribution in [2.75, 3.05) is 12.4 Å². The molecule has 0 radical (unpaired) electrons. The van der Waals surface area contributed by atoms with E-state index in [4.69, 9.17) is 9.15 Å². The molecular weight excluding hydrogens is 423 g/mol. The Morgan fingerprint density at radius 3 is 2.67 bits per heavy atom. The Hall–Kier alpha value is -3.08. The largest absolute Gasteiger partial charge is 0.461 e. The highest BCUT2D eigenvalue weighted by atomic mass is 32.2. The molecule has 0 aliphatic rings. The molecule has 2 aromatic heterocycles. The van der Waals surface area contributed by atoms with Gasteiger partial charge in [-0.15, -0.1) is 10.2 Å². The number of Topliss-reactive ketones (excluding diaryl/α,β-unsaturated/α-hetero) is 1. The van der Waals surface area contributed by atoms with Gasteiger partial charge in [-0.2, -0.15) is 13.2 Å². The Labute approximate surface area is 173 Å². The van der Waals surface area contributed by atoms with Crippen molar-refractivity contribution in [3.63, 3.8) is 0 Å². The predicted octanol–water partition coefficient (Wildman–Crippen LogP) is 4.10. The van der Waals surface area contributed by atoms with Crippen molar-refractivity contribution in [2.24, 2.45) is 0 Å². The summed E-state index contributed by atoms with van der Waals surface area (Å²) < 4.78 is 50.2. The lowest BCUT2D eigenvalue weighted by atomic mass is 10.1. The minimum Gasteiger partial charge on any atom is -0.461 e. The minimum atomic E-state index is -4.56. The molecule has 7 nitrogen and oxygen atoms in total. The summed E-state index contributed by atoms with van der Waals surface area (Å²) in [7, 11) is 0. The molecule has 0 atom stereocenters. The molecule has 0 saturated heterocycles. The number of carbonyl (C=O) groups is 2. The number of ketones is 1. The molecule has 0 aliphatic carbocycles. The summed E-state index contributed by atoms with van der Waals surface area (Å²) in [5.41, 5.74) is -1.12. The lowest BCUT2D eigenvalue weighted by Gasteiger charge is -2.09. The van der Waals surface area contributed by atoms with E-state index in [0.29, 0.717) is 23.3 Å². The fraction of sp³-hybridized carbons (Fsp3) is 0.263. The van der Waals surface area contributed by atoms with E-state index in [0.717, 1.165) is 30.0 Å². The molecule has 11 heteroatoms. The number of carbonyl (C=O) groups excluding carboxylic acids is 2. The molecular formula is C19H16F3N3O4S. The fourth-order valence-corrected chi connectivity index (χ4v) is 3.33. The molecule has 3 rings (SSSR count). The van der Waals surface area contributed by atoms with Crippen LogP contribution < -0.4 is 0 Å². The van der Waals surface area contributed by atoms with E-state index in [1.54, 1.807) is 16.7 Å². The Balaban J connectivity index is 1.55. The zero-order valence-electron chi connectivity index (χ0n) is 15.7. The summed E-state index contributed by atoms with van der Waals surface area (Å²) in [5, 5.41) is 8.54. The van der Waals surface area contributed by atoms with Crippen molar-refractivity contribution in [1.82, 2.24) is 14.8 Å². The van der Waals surface area contributed by atoms with Crippen molar-refractivity contribution >= 4 is 23.5 Å². The number of furan rings is 1. The molecule has 0 N–H and O–H groups in total. The molecule has 2 heterocycles. The van der Waals surface area contributed by atoms with Crippen LogP contribution in [-0.2, 0) is 22.3 Å². The topological polar surface area (TPSA) is 87.2 Å². The highest BCUT2D eigenvalue weighted by molar-refractivity contribution is 7.99. The molecule has 0 saturated carbocycles. The number of benzene rings is 1. The summed E-state index contributed by atoms with van der Waals surface area (Å²) in [5.74, 6) is -0.531. The molecule has 158 valence electrons. The number of nitrogens with zero attached hydrogens (tertiary/aromatic N) is 3. The predicted molar refractivity (Wildman–Crippen MR) is 101 cm³/mol. The number of esters is 1. The van der Waals surface area contributed by atoms with Crippen LogP contribution in [0.5, 0.6) is 0 Å². The van der Waals surface area contributed by atoms with Gasteiger partial charge in [0.1, 0.15) is 0 Å².